The number of hydrogen-bond donors (Lipinski definition) is 3. The molecule has 8 heteroatoms. The van der Waals surface area contributed by atoms with Crippen LogP contribution in [0.3, 0.4) is 0 Å². The summed E-state index contributed by atoms with van der Waals surface area (Å²) in [5, 5.41) is 14.7. The number of aliphatic hydroxyl groups is 1. The largest absolute Gasteiger partial charge is 0.484 e. The second-order valence-electron chi connectivity index (χ2n) is 7.65. The summed E-state index contributed by atoms with van der Waals surface area (Å²) in [6.45, 7) is 3.80. The Balaban J connectivity index is 1.51. The lowest BCUT2D eigenvalue weighted by molar-refractivity contribution is -0.126. The van der Waals surface area contributed by atoms with Gasteiger partial charge in [0, 0.05) is 30.9 Å². The maximum Gasteiger partial charge on any atom is 0.262 e. The molecule has 1 aliphatic rings. The number of amides is 3. The molecule has 1 heterocycles. The average molecular weight is 425 g/mol. The van der Waals surface area contributed by atoms with Crippen molar-refractivity contribution in [2.24, 2.45) is 5.92 Å². The Morgan fingerprint density at radius 3 is 2.58 bits per heavy atom. The standard InChI is InChI=1S/C23H27N3O5/c1-15-5-3-4-6-20(15)25-21(28)14-31-19-9-7-18(8-10-19)26-13-17(11-22(26)29)23(30)24-12-16(2)27/h3-10,16-17,27H,11-14H2,1-2H3,(H,24,30)(H,25,28)/t16-,17-/m0/s1. The maximum absolute atomic E-state index is 12.3. The summed E-state index contributed by atoms with van der Waals surface area (Å²) < 4.78 is 5.53. The number of anilines is 2. The molecule has 3 N–H and O–H groups in total. The van der Waals surface area contributed by atoms with Crippen molar-refractivity contribution in [1.29, 1.82) is 0 Å². The molecule has 31 heavy (non-hydrogen) atoms. The Labute approximate surface area is 181 Å². The van der Waals surface area contributed by atoms with Crippen LogP contribution in [-0.2, 0) is 14.4 Å². The monoisotopic (exact) mass is 425 g/mol. The van der Waals surface area contributed by atoms with E-state index in [1.165, 1.54) is 0 Å². The minimum atomic E-state index is -0.636. The fourth-order valence-corrected chi connectivity index (χ4v) is 3.30. The molecule has 0 bridgehead atoms. The Morgan fingerprint density at radius 2 is 1.90 bits per heavy atom. The Kier molecular flexibility index (Phi) is 7.25. The van der Waals surface area contributed by atoms with Gasteiger partial charge < -0.3 is 25.4 Å². The van der Waals surface area contributed by atoms with Crippen molar-refractivity contribution in [3.05, 3.63) is 54.1 Å². The molecule has 1 fully saturated rings. The molecular formula is C23H27N3O5. The van der Waals surface area contributed by atoms with E-state index in [4.69, 9.17) is 4.74 Å². The van der Waals surface area contributed by atoms with Gasteiger partial charge in [0.25, 0.3) is 5.91 Å². The number of para-hydroxylation sites is 1. The third-order valence-corrected chi connectivity index (χ3v) is 5.01. The Hall–Kier alpha value is -3.39. The van der Waals surface area contributed by atoms with Gasteiger partial charge >= 0.3 is 0 Å². The highest BCUT2D eigenvalue weighted by molar-refractivity contribution is 6.00. The molecule has 3 amide bonds. The topological polar surface area (TPSA) is 108 Å². The van der Waals surface area contributed by atoms with E-state index in [2.05, 4.69) is 10.6 Å². The molecule has 0 unspecified atom stereocenters. The first-order chi connectivity index (χ1) is 14.8. The van der Waals surface area contributed by atoms with Gasteiger partial charge in [-0.05, 0) is 49.7 Å². The number of carbonyl (C=O) groups excluding carboxylic acids is 3. The minimum absolute atomic E-state index is 0.128. The fraction of sp³-hybridized carbons (Fsp3) is 0.348. The molecule has 0 aromatic heterocycles. The molecular weight excluding hydrogens is 398 g/mol. The normalized spacial score (nSPS) is 16.7. The number of ether oxygens (including phenoxy) is 1. The predicted octanol–water partition coefficient (Wildman–Crippen LogP) is 1.86. The first-order valence-electron chi connectivity index (χ1n) is 10.2. The molecule has 2 aromatic rings. The van der Waals surface area contributed by atoms with E-state index in [1.807, 2.05) is 31.2 Å². The molecule has 2 aromatic carbocycles. The average Bonchev–Trinajstić information content (AvgIpc) is 3.14. The van der Waals surface area contributed by atoms with Crippen LogP contribution in [-0.4, -0.2) is 48.6 Å². The van der Waals surface area contributed by atoms with E-state index in [-0.39, 0.29) is 43.8 Å². The Bertz CT molecular complexity index is 942. The third-order valence-electron chi connectivity index (χ3n) is 5.01. The van der Waals surface area contributed by atoms with Gasteiger partial charge in [0.15, 0.2) is 6.61 Å². The molecule has 2 atom stereocenters. The summed E-state index contributed by atoms with van der Waals surface area (Å²) in [6, 6.07) is 14.3. The molecule has 0 radical (unpaired) electrons. The number of benzene rings is 2. The van der Waals surface area contributed by atoms with Crippen LogP contribution < -0.4 is 20.3 Å². The van der Waals surface area contributed by atoms with Crippen LogP contribution in [0.15, 0.2) is 48.5 Å². The van der Waals surface area contributed by atoms with Crippen LogP contribution in [0.25, 0.3) is 0 Å². The highest BCUT2D eigenvalue weighted by Crippen LogP contribution is 2.27. The SMILES string of the molecule is Cc1ccccc1NC(=O)COc1ccc(N2C[C@@H](C(=O)NC[C@H](C)O)CC2=O)cc1. The zero-order valence-corrected chi connectivity index (χ0v) is 17.6. The van der Waals surface area contributed by atoms with Gasteiger partial charge in [-0.2, -0.15) is 0 Å². The number of rotatable bonds is 8. The summed E-state index contributed by atoms with van der Waals surface area (Å²) in [7, 11) is 0. The van der Waals surface area contributed by atoms with Crippen LogP contribution in [0.2, 0.25) is 0 Å². The number of aryl methyl sites for hydroxylation is 1. The lowest BCUT2D eigenvalue weighted by Crippen LogP contribution is -2.36. The van der Waals surface area contributed by atoms with Crippen molar-refractivity contribution in [3.63, 3.8) is 0 Å². The van der Waals surface area contributed by atoms with E-state index < -0.39 is 12.0 Å². The first-order valence-corrected chi connectivity index (χ1v) is 10.2. The summed E-state index contributed by atoms with van der Waals surface area (Å²) in [6.07, 6.45) is -0.508. The molecule has 3 rings (SSSR count). The molecule has 164 valence electrons. The van der Waals surface area contributed by atoms with Crippen LogP contribution >= 0.6 is 0 Å². The second kappa shape index (κ2) is 10.1. The summed E-state index contributed by atoms with van der Waals surface area (Å²) >= 11 is 0. The van der Waals surface area contributed by atoms with E-state index in [0.29, 0.717) is 11.4 Å². The van der Waals surface area contributed by atoms with E-state index in [0.717, 1.165) is 11.3 Å². The third kappa shape index (κ3) is 6.05. The van der Waals surface area contributed by atoms with Gasteiger partial charge in [-0.25, -0.2) is 0 Å². The van der Waals surface area contributed by atoms with E-state index >= 15 is 0 Å². The van der Waals surface area contributed by atoms with Gasteiger partial charge in [-0.3, -0.25) is 14.4 Å². The number of nitrogens with zero attached hydrogens (tertiary/aromatic N) is 1. The zero-order chi connectivity index (χ0) is 22.4. The van der Waals surface area contributed by atoms with Gasteiger partial charge in [0.1, 0.15) is 5.75 Å². The van der Waals surface area contributed by atoms with Crippen LogP contribution in [0.4, 0.5) is 11.4 Å². The van der Waals surface area contributed by atoms with Crippen molar-refractivity contribution in [3.8, 4) is 5.75 Å². The van der Waals surface area contributed by atoms with Gasteiger partial charge in [-0.15, -0.1) is 0 Å². The molecule has 0 spiro atoms. The molecule has 1 saturated heterocycles. The number of aliphatic hydroxyl groups excluding tert-OH is 1. The van der Waals surface area contributed by atoms with Crippen LogP contribution in [0.5, 0.6) is 5.75 Å². The van der Waals surface area contributed by atoms with Crippen LogP contribution in [0.1, 0.15) is 18.9 Å². The lowest BCUT2D eigenvalue weighted by atomic mass is 10.1. The summed E-state index contributed by atoms with van der Waals surface area (Å²) in [5.74, 6) is -0.590. The molecule has 0 saturated carbocycles. The van der Waals surface area contributed by atoms with Gasteiger partial charge in [0.05, 0.1) is 12.0 Å². The van der Waals surface area contributed by atoms with E-state index in [1.54, 1.807) is 36.1 Å². The number of nitrogens with one attached hydrogen (secondary N) is 2. The lowest BCUT2D eigenvalue weighted by Gasteiger charge is -2.17. The van der Waals surface area contributed by atoms with E-state index in [9.17, 15) is 19.5 Å². The maximum atomic E-state index is 12.3. The highest BCUT2D eigenvalue weighted by atomic mass is 16.5. The second-order valence-corrected chi connectivity index (χ2v) is 7.65. The summed E-state index contributed by atoms with van der Waals surface area (Å²) in [5.41, 5.74) is 2.37. The summed E-state index contributed by atoms with van der Waals surface area (Å²) in [4.78, 5) is 38.2. The zero-order valence-electron chi connectivity index (χ0n) is 17.6. The van der Waals surface area contributed by atoms with Crippen LogP contribution in [0, 0.1) is 12.8 Å². The molecule has 1 aliphatic heterocycles. The predicted molar refractivity (Wildman–Crippen MR) is 117 cm³/mol. The van der Waals surface area contributed by atoms with Crippen molar-refractivity contribution < 1.29 is 24.2 Å². The number of carbonyl (C=O) groups is 3. The molecule has 8 nitrogen and oxygen atoms in total. The quantitative estimate of drug-likeness (QED) is 0.598. The first kappa shape index (κ1) is 22.3. The van der Waals surface area contributed by atoms with Crippen molar-refractivity contribution in [2.45, 2.75) is 26.4 Å². The molecule has 0 aliphatic carbocycles. The minimum Gasteiger partial charge on any atom is -0.484 e. The van der Waals surface area contributed by atoms with Crippen molar-refractivity contribution in [1.82, 2.24) is 5.32 Å². The number of hydrogen-bond acceptors (Lipinski definition) is 5. The van der Waals surface area contributed by atoms with Crippen molar-refractivity contribution >= 4 is 29.1 Å². The fourth-order valence-electron chi connectivity index (χ4n) is 3.30. The van der Waals surface area contributed by atoms with Gasteiger partial charge in [-0.1, -0.05) is 18.2 Å². The Morgan fingerprint density at radius 1 is 1.19 bits per heavy atom. The highest BCUT2D eigenvalue weighted by Gasteiger charge is 2.35. The van der Waals surface area contributed by atoms with Gasteiger partial charge in [0.2, 0.25) is 11.8 Å². The smallest absolute Gasteiger partial charge is 0.262 e. The van der Waals surface area contributed by atoms with Crippen molar-refractivity contribution in [2.75, 3.05) is 29.9 Å².